The summed E-state index contributed by atoms with van der Waals surface area (Å²) < 4.78 is 37.3. The number of hydrogen-bond donors (Lipinski definition) is 1. The molecule has 6 rings (SSSR count). The Morgan fingerprint density at radius 2 is 0.845 bits per heavy atom. The molecule has 0 aliphatic carbocycles. The summed E-state index contributed by atoms with van der Waals surface area (Å²) >= 11 is 0. The largest absolute Gasteiger partial charge is 0.407 e. The molecule has 4 aromatic carbocycles. The molecule has 10 heteroatoms. The minimum Gasteiger partial charge on any atom is -0.407 e. The topological polar surface area (TPSA) is 92.7 Å². The molecule has 2 heterocycles. The maximum Gasteiger partial charge on any atom is 0.261 e. The van der Waals surface area contributed by atoms with E-state index < -0.39 is 34.3 Å². The van der Waals surface area contributed by atoms with Crippen molar-refractivity contribution in [3.05, 3.63) is 121 Å². The van der Waals surface area contributed by atoms with E-state index in [-0.39, 0.29) is 35.0 Å². The molecule has 0 spiro atoms. The van der Waals surface area contributed by atoms with Crippen LogP contribution in [0.1, 0.15) is 82.1 Å². The third-order valence-electron chi connectivity index (χ3n) is 11.1. The fourth-order valence-electron chi connectivity index (χ4n) is 8.69. The molecule has 2 fully saturated rings. The van der Waals surface area contributed by atoms with Crippen molar-refractivity contribution >= 4 is 43.7 Å². The smallest absolute Gasteiger partial charge is 0.261 e. The van der Waals surface area contributed by atoms with Gasteiger partial charge in [0.1, 0.15) is 12.2 Å². The Bertz CT molecular complexity index is 1760. The molecule has 8 nitrogen and oxygen atoms in total. The van der Waals surface area contributed by atoms with Gasteiger partial charge in [0.15, 0.2) is 17.9 Å². The van der Waals surface area contributed by atoms with Gasteiger partial charge in [0.2, 0.25) is 0 Å². The van der Waals surface area contributed by atoms with E-state index in [1.807, 2.05) is 52.0 Å². The number of hydrogen-bond acceptors (Lipinski definition) is 8. The van der Waals surface area contributed by atoms with E-state index >= 15 is 0 Å². The van der Waals surface area contributed by atoms with Crippen molar-refractivity contribution in [3.8, 4) is 0 Å². The Hall–Kier alpha value is -3.30. The van der Waals surface area contributed by atoms with E-state index in [1.165, 1.54) is 20.7 Å². The highest BCUT2D eigenvalue weighted by Gasteiger charge is 2.52. The van der Waals surface area contributed by atoms with Crippen molar-refractivity contribution in [1.29, 1.82) is 0 Å². The minimum absolute atomic E-state index is 0.0483. The molecule has 0 unspecified atom stereocenters. The van der Waals surface area contributed by atoms with Crippen LogP contribution in [0.15, 0.2) is 121 Å². The van der Waals surface area contributed by atoms with Crippen molar-refractivity contribution in [2.24, 2.45) is 0 Å². The first kappa shape index (κ1) is 45.8. The van der Waals surface area contributed by atoms with Crippen molar-refractivity contribution < 1.29 is 37.7 Å². The Morgan fingerprint density at radius 3 is 1.17 bits per heavy atom. The summed E-state index contributed by atoms with van der Waals surface area (Å²) in [5, 5.41) is 14.6. The molecular weight excluding hydrogens is 761 g/mol. The number of rotatable bonds is 14. The molecule has 314 valence electrons. The van der Waals surface area contributed by atoms with Gasteiger partial charge in [-0.05, 0) is 71.4 Å². The van der Waals surface area contributed by atoms with Crippen molar-refractivity contribution in [2.75, 3.05) is 19.8 Å². The number of aliphatic hydroxyl groups is 1. The predicted octanol–water partition coefficient (Wildman–Crippen LogP) is 7.14. The summed E-state index contributed by atoms with van der Waals surface area (Å²) in [7, 11) is -5.12. The van der Waals surface area contributed by atoms with Gasteiger partial charge in [-0.25, -0.2) is 0 Å². The van der Waals surface area contributed by atoms with Gasteiger partial charge in [0.25, 0.3) is 16.6 Å². The highest BCUT2D eigenvalue weighted by Crippen LogP contribution is 2.39. The molecule has 2 aliphatic rings. The standard InChI is InChI=1S/C24H34O4Si.C24H32O4Si/c2*1-23(2,3)29(19-12-8-6-9-13-19,20-14-10-7-11-15-20)26-17-16-21-22(18-25)28-24(4,5)27-21/h6-15,21-22,25H,16-18H2,1-5H3;6-15,18,21-22H,16-17H2,1-5H3/t2*21-,22+/m00/s1. The molecule has 4 atom stereocenters. The first-order valence-corrected chi connectivity index (χ1v) is 24.5. The van der Waals surface area contributed by atoms with E-state index in [0.717, 1.165) is 6.29 Å². The van der Waals surface area contributed by atoms with E-state index in [9.17, 15) is 9.90 Å². The van der Waals surface area contributed by atoms with E-state index in [0.29, 0.717) is 26.1 Å². The number of aliphatic hydroxyl groups excluding tert-OH is 1. The van der Waals surface area contributed by atoms with Crippen LogP contribution in [0.5, 0.6) is 0 Å². The molecule has 58 heavy (non-hydrogen) atoms. The second-order valence-electron chi connectivity index (χ2n) is 18.3. The third-order valence-corrected chi connectivity index (χ3v) is 21.2. The van der Waals surface area contributed by atoms with Gasteiger partial charge in [-0.3, -0.25) is 0 Å². The molecule has 2 aliphatic heterocycles. The Labute approximate surface area is 349 Å². The van der Waals surface area contributed by atoms with Gasteiger partial charge < -0.3 is 37.7 Å². The van der Waals surface area contributed by atoms with Gasteiger partial charge in [-0.1, -0.05) is 163 Å². The van der Waals surface area contributed by atoms with Crippen LogP contribution in [0.25, 0.3) is 0 Å². The Kier molecular flexibility index (Phi) is 15.0. The molecule has 0 aromatic heterocycles. The number of aldehydes is 1. The summed E-state index contributed by atoms with van der Waals surface area (Å²) in [4.78, 5) is 11.4. The average Bonchev–Trinajstić information content (AvgIpc) is 3.67. The van der Waals surface area contributed by atoms with Gasteiger partial charge in [-0.15, -0.1) is 0 Å². The number of ether oxygens (including phenoxy) is 4. The zero-order chi connectivity index (χ0) is 42.2. The first-order chi connectivity index (χ1) is 27.4. The molecular formula is C48H66O8Si2. The van der Waals surface area contributed by atoms with Crippen LogP contribution in [0, 0.1) is 0 Å². The molecule has 0 radical (unpaired) electrons. The van der Waals surface area contributed by atoms with Crippen LogP contribution in [-0.2, 0) is 32.6 Å². The summed E-state index contributed by atoms with van der Waals surface area (Å²) in [6.45, 7) is 22.0. The van der Waals surface area contributed by atoms with E-state index in [1.54, 1.807) is 0 Å². The van der Waals surface area contributed by atoms with Crippen molar-refractivity contribution in [2.45, 2.75) is 128 Å². The molecule has 4 aromatic rings. The number of carbonyl (C=O) groups is 1. The molecule has 0 bridgehead atoms. The van der Waals surface area contributed by atoms with Crippen molar-refractivity contribution in [3.63, 3.8) is 0 Å². The molecule has 1 N–H and O–H groups in total. The highest BCUT2D eigenvalue weighted by molar-refractivity contribution is 7.00. The van der Waals surface area contributed by atoms with Gasteiger partial charge in [-0.2, -0.15) is 0 Å². The monoisotopic (exact) mass is 826 g/mol. The van der Waals surface area contributed by atoms with Crippen LogP contribution in [-0.4, -0.2) is 83.8 Å². The van der Waals surface area contributed by atoms with E-state index in [2.05, 4.69) is 139 Å². The SMILES string of the molecule is CC1(C)O[C@@H](CCO[Si](c2ccccc2)(c2ccccc2)C(C)(C)C)[C@@H](C=O)O1.CC1(C)O[C@@H](CCO[Si](c2ccccc2)(c2ccccc2)C(C)(C)C)[C@@H](CO)O1. The zero-order valence-corrected chi connectivity index (χ0v) is 38.3. The van der Waals surface area contributed by atoms with E-state index in [4.69, 9.17) is 27.8 Å². The summed E-state index contributed by atoms with van der Waals surface area (Å²) in [6, 6.07) is 42.3. The molecule has 2 saturated heterocycles. The average molecular weight is 827 g/mol. The second kappa shape index (κ2) is 19.0. The normalized spacial score (nSPS) is 21.9. The van der Waals surface area contributed by atoms with Crippen molar-refractivity contribution in [1.82, 2.24) is 0 Å². The number of carbonyl (C=O) groups excluding carboxylic acids is 1. The first-order valence-electron chi connectivity index (χ1n) is 20.7. The zero-order valence-electron chi connectivity index (χ0n) is 36.3. The fraction of sp³-hybridized carbons (Fsp3) is 0.479. The van der Waals surface area contributed by atoms with Crippen LogP contribution >= 0.6 is 0 Å². The molecule has 0 amide bonds. The highest BCUT2D eigenvalue weighted by atomic mass is 28.4. The van der Waals surface area contributed by atoms with Crippen LogP contribution < -0.4 is 20.7 Å². The Morgan fingerprint density at radius 1 is 0.534 bits per heavy atom. The summed E-state index contributed by atoms with van der Waals surface area (Å²) in [6.07, 6.45) is 0.799. The maximum absolute atomic E-state index is 11.4. The summed E-state index contributed by atoms with van der Waals surface area (Å²) in [5.41, 5.74) is 0. The van der Waals surface area contributed by atoms with Gasteiger partial charge >= 0.3 is 0 Å². The lowest BCUT2D eigenvalue weighted by Crippen LogP contribution is -2.66. The quantitative estimate of drug-likeness (QED) is 0.106. The second-order valence-corrected chi connectivity index (χ2v) is 26.9. The Balaban J connectivity index is 0.000000221. The fourth-order valence-corrected chi connectivity index (χ4v) is 17.8. The predicted molar refractivity (Wildman–Crippen MR) is 237 cm³/mol. The van der Waals surface area contributed by atoms with Crippen LogP contribution in [0.2, 0.25) is 10.1 Å². The lowest BCUT2D eigenvalue weighted by molar-refractivity contribution is -0.150. The minimum atomic E-state index is -2.57. The molecule has 0 saturated carbocycles. The van der Waals surface area contributed by atoms with Gasteiger partial charge in [0, 0.05) is 13.2 Å². The number of benzene rings is 4. The van der Waals surface area contributed by atoms with Crippen LogP contribution in [0.4, 0.5) is 0 Å². The van der Waals surface area contributed by atoms with Gasteiger partial charge in [0.05, 0.1) is 18.8 Å². The third kappa shape index (κ3) is 10.3. The lowest BCUT2D eigenvalue weighted by atomic mass is 10.1. The van der Waals surface area contributed by atoms with Crippen LogP contribution in [0.3, 0.4) is 0 Å². The maximum atomic E-state index is 11.4. The summed E-state index contributed by atoms with van der Waals surface area (Å²) in [5.74, 6) is -1.41. The lowest BCUT2D eigenvalue weighted by Gasteiger charge is -2.43.